The highest BCUT2D eigenvalue weighted by Gasteiger charge is 2.12. The van der Waals surface area contributed by atoms with Gasteiger partial charge in [-0.05, 0) is 49.6 Å². The second-order valence-electron chi connectivity index (χ2n) is 4.74. The molecule has 0 atom stereocenters. The minimum absolute atomic E-state index is 0.0395. The first kappa shape index (κ1) is 17.4. The third-order valence-electron chi connectivity index (χ3n) is 3.22. The van der Waals surface area contributed by atoms with Gasteiger partial charge in [-0.2, -0.15) is 0 Å². The number of anilines is 1. The van der Waals surface area contributed by atoms with Crippen molar-refractivity contribution in [2.24, 2.45) is 0 Å². The van der Waals surface area contributed by atoms with Crippen LogP contribution in [-0.2, 0) is 4.79 Å². The van der Waals surface area contributed by atoms with Crippen LogP contribution in [-0.4, -0.2) is 29.5 Å². The molecule has 0 spiro atoms. The van der Waals surface area contributed by atoms with Gasteiger partial charge in [0.05, 0.1) is 5.69 Å². The van der Waals surface area contributed by atoms with Crippen molar-refractivity contribution in [3.8, 4) is 0 Å². The van der Waals surface area contributed by atoms with Crippen molar-refractivity contribution in [3.05, 3.63) is 47.0 Å². The molecule has 0 radical (unpaired) electrons. The fourth-order valence-corrected chi connectivity index (χ4v) is 3.29. The van der Waals surface area contributed by atoms with E-state index in [1.165, 1.54) is 24.3 Å². The third-order valence-corrected chi connectivity index (χ3v) is 4.84. The lowest BCUT2D eigenvalue weighted by Crippen LogP contribution is -2.27. The van der Waals surface area contributed by atoms with Crippen molar-refractivity contribution in [2.75, 3.05) is 17.7 Å². The number of nitrogens with zero attached hydrogens (tertiary/aromatic N) is 2. The van der Waals surface area contributed by atoms with E-state index in [9.17, 15) is 9.59 Å². The molecule has 6 heteroatoms. The summed E-state index contributed by atoms with van der Waals surface area (Å²) >= 11 is 3.03. The van der Waals surface area contributed by atoms with E-state index in [-0.39, 0.29) is 11.7 Å². The molecule has 0 bridgehead atoms. The quantitative estimate of drug-likeness (QED) is 0.448. The van der Waals surface area contributed by atoms with Crippen LogP contribution in [0.3, 0.4) is 0 Å². The molecule has 0 aliphatic rings. The van der Waals surface area contributed by atoms with Crippen molar-refractivity contribution in [1.82, 2.24) is 4.98 Å². The van der Waals surface area contributed by atoms with Crippen LogP contribution in [0.2, 0.25) is 0 Å². The van der Waals surface area contributed by atoms with Gasteiger partial charge < -0.3 is 0 Å². The summed E-state index contributed by atoms with van der Waals surface area (Å²) in [4.78, 5) is 30.7. The van der Waals surface area contributed by atoms with E-state index in [2.05, 4.69) is 4.98 Å². The van der Waals surface area contributed by atoms with Gasteiger partial charge in [-0.1, -0.05) is 0 Å². The first-order valence-electron chi connectivity index (χ1n) is 7.15. The summed E-state index contributed by atoms with van der Waals surface area (Å²) in [6, 6.07) is 7.50. The standard InChI is InChI=1S/C17H18N2O2S2/c1-4-19(12(2)20)17-18-14(11-23-17)7-10-16(21)13-5-8-15(22-3)9-6-13/h5-11H,4H2,1-3H3/b10-7+. The van der Waals surface area contributed by atoms with Crippen molar-refractivity contribution in [1.29, 1.82) is 0 Å². The van der Waals surface area contributed by atoms with Gasteiger partial charge in [0, 0.05) is 29.3 Å². The summed E-state index contributed by atoms with van der Waals surface area (Å²) in [7, 11) is 0. The third kappa shape index (κ3) is 4.53. The fourth-order valence-electron chi connectivity index (χ4n) is 1.98. The molecule has 1 aromatic heterocycles. The van der Waals surface area contributed by atoms with Crippen LogP contribution >= 0.6 is 23.1 Å². The van der Waals surface area contributed by atoms with E-state index in [4.69, 9.17) is 0 Å². The summed E-state index contributed by atoms with van der Waals surface area (Å²) in [5.41, 5.74) is 1.33. The lowest BCUT2D eigenvalue weighted by atomic mass is 10.1. The molecule has 0 fully saturated rings. The molecule has 0 saturated heterocycles. The van der Waals surface area contributed by atoms with Crippen LogP contribution in [0.4, 0.5) is 5.13 Å². The molecular weight excluding hydrogens is 328 g/mol. The van der Waals surface area contributed by atoms with Gasteiger partial charge >= 0.3 is 0 Å². The Morgan fingerprint density at radius 2 is 2.00 bits per heavy atom. The molecule has 0 N–H and O–H groups in total. The van der Waals surface area contributed by atoms with Crippen molar-refractivity contribution in [3.63, 3.8) is 0 Å². The number of thioether (sulfide) groups is 1. The zero-order chi connectivity index (χ0) is 16.8. The molecule has 1 amide bonds. The largest absolute Gasteiger partial charge is 0.289 e. The zero-order valence-electron chi connectivity index (χ0n) is 13.3. The maximum absolute atomic E-state index is 12.1. The fraction of sp³-hybridized carbons (Fsp3) is 0.235. The molecule has 1 heterocycles. The molecule has 4 nitrogen and oxygen atoms in total. The Hall–Kier alpha value is -1.92. The predicted molar refractivity (Wildman–Crippen MR) is 97.4 cm³/mol. The normalized spacial score (nSPS) is 10.9. The van der Waals surface area contributed by atoms with E-state index < -0.39 is 0 Å². The van der Waals surface area contributed by atoms with Gasteiger partial charge in [-0.25, -0.2) is 4.98 Å². The molecular formula is C17H18N2O2S2. The Labute approximate surface area is 144 Å². The Morgan fingerprint density at radius 3 is 2.57 bits per heavy atom. The highest BCUT2D eigenvalue weighted by atomic mass is 32.2. The number of ketones is 1. The number of benzene rings is 1. The second-order valence-corrected chi connectivity index (χ2v) is 6.46. The van der Waals surface area contributed by atoms with Crippen LogP contribution in [0.15, 0.2) is 40.6 Å². The number of aromatic nitrogens is 1. The Kier molecular flexibility index (Phi) is 6.12. The Morgan fingerprint density at radius 1 is 1.30 bits per heavy atom. The SMILES string of the molecule is CCN(C(C)=O)c1nc(/C=C/C(=O)c2ccc(SC)cc2)cs1. The van der Waals surface area contributed by atoms with Crippen LogP contribution in [0.1, 0.15) is 29.9 Å². The minimum Gasteiger partial charge on any atom is -0.289 e. The van der Waals surface area contributed by atoms with E-state index >= 15 is 0 Å². The number of amides is 1. The highest BCUT2D eigenvalue weighted by molar-refractivity contribution is 7.98. The van der Waals surface area contributed by atoms with Gasteiger partial charge in [0.25, 0.3) is 0 Å². The predicted octanol–water partition coefficient (Wildman–Crippen LogP) is 4.13. The number of carbonyl (C=O) groups excluding carboxylic acids is 2. The first-order chi connectivity index (χ1) is 11.0. The number of hydrogen-bond acceptors (Lipinski definition) is 5. The monoisotopic (exact) mass is 346 g/mol. The second kappa shape index (κ2) is 8.08. The average Bonchev–Trinajstić information content (AvgIpc) is 3.01. The molecule has 0 saturated carbocycles. The number of rotatable bonds is 6. The summed E-state index contributed by atoms with van der Waals surface area (Å²) in [5, 5.41) is 2.48. The van der Waals surface area contributed by atoms with E-state index in [1.807, 2.05) is 42.8 Å². The molecule has 120 valence electrons. The Balaban J connectivity index is 2.09. The maximum atomic E-state index is 12.1. The average molecular weight is 346 g/mol. The van der Waals surface area contributed by atoms with E-state index in [0.717, 1.165) is 4.90 Å². The van der Waals surface area contributed by atoms with Gasteiger partial charge in [-0.3, -0.25) is 14.5 Å². The summed E-state index contributed by atoms with van der Waals surface area (Å²) in [6.07, 6.45) is 5.19. The first-order valence-corrected chi connectivity index (χ1v) is 9.25. The Bertz CT molecular complexity index is 720. The van der Waals surface area contributed by atoms with E-state index in [1.54, 1.807) is 22.7 Å². The number of hydrogen-bond donors (Lipinski definition) is 0. The topological polar surface area (TPSA) is 50.3 Å². The molecule has 0 aliphatic carbocycles. The molecule has 0 unspecified atom stereocenters. The number of allylic oxidation sites excluding steroid dienone is 1. The van der Waals surface area contributed by atoms with Crippen molar-refractivity contribution >= 4 is 46.0 Å². The van der Waals surface area contributed by atoms with Gasteiger partial charge in [0.2, 0.25) is 5.91 Å². The molecule has 2 rings (SSSR count). The smallest absolute Gasteiger partial charge is 0.225 e. The summed E-state index contributed by atoms with van der Waals surface area (Å²) < 4.78 is 0. The summed E-state index contributed by atoms with van der Waals surface area (Å²) in [6.45, 7) is 4.00. The lowest BCUT2D eigenvalue weighted by Gasteiger charge is -2.14. The number of thiazole rings is 1. The van der Waals surface area contributed by atoms with Crippen molar-refractivity contribution < 1.29 is 9.59 Å². The van der Waals surface area contributed by atoms with Crippen LogP contribution in [0.25, 0.3) is 6.08 Å². The van der Waals surface area contributed by atoms with Gasteiger partial charge in [-0.15, -0.1) is 23.1 Å². The minimum atomic E-state index is -0.0638. The zero-order valence-corrected chi connectivity index (χ0v) is 14.9. The van der Waals surface area contributed by atoms with Crippen LogP contribution in [0, 0.1) is 0 Å². The number of carbonyl (C=O) groups is 2. The maximum Gasteiger partial charge on any atom is 0.225 e. The van der Waals surface area contributed by atoms with Crippen molar-refractivity contribution in [2.45, 2.75) is 18.7 Å². The van der Waals surface area contributed by atoms with Crippen LogP contribution < -0.4 is 4.90 Å². The lowest BCUT2D eigenvalue weighted by molar-refractivity contribution is -0.116. The van der Waals surface area contributed by atoms with Gasteiger partial charge in [0.1, 0.15) is 0 Å². The summed E-state index contributed by atoms with van der Waals surface area (Å²) in [5.74, 6) is -0.103. The van der Waals surface area contributed by atoms with Crippen LogP contribution in [0.5, 0.6) is 0 Å². The molecule has 1 aromatic carbocycles. The van der Waals surface area contributed by atoms with E-state index in [0.29, 0.717) is 22.9 Å². The molecule has 0 aliphatic heterocycles. The van der Waals surface area contributed by atoms with Gasteiger partial charge in [0.15, 0.2) is 10.9 Å². The molecule has 2 aromatic rings. The highest BCUT2D eigenvalue weighted by Crippen LogP contribution is 2.21. The molecule has 23 heavy (non-hydrogen) atoms.